The van der Waals surface area contributed by atoms with Crippen LogP contribution >= 0.6 is 0 Å². The fourth-order valence-corrected chi connectivity index (χ4v) is 1.50. The second-order valence-corrected chi connectivity index (χ2v) is 2.94. The quantitative estimate of drug-likeness (QED) is 0.545. The average Bonchev–Trinajstić information content (AvgIpc) is 2.42. The van der Waals surface area contributed by atoms with Crippen molar-refractivity contribution in [2.45, 2.75) is 19.6 Å². The first kappa shape index (κ1) is 7.62. The standard InChI is InChI=1S/C8H9BN2O/c1-4-7-5(3-12-4)6(9)2-11-8(7)10/h2,4H,3H2,1H3,(H2,10,11). The monoisotopic (exact) mass is 160 g/mol. The van der Waals surface area contributed by atoms with Gasteiger partial charge in [0.15, 0.2) is 0 Å². The molecule has 12 heavy (non-hydrogen) atoms. The fraction of sp³-hybridized carbons (Fsp3) is 0.375. The molecule has 0 bridgehead atoms. The number of rotatable bonds is 0. The molecule has 0 amide bonds. The largest absolute Gasteiger partial charge is 0.383 e. The van der Waals surface area contributed by atoms with Crippen LogP contribution in [0.5, 0.6) is 0 Å². The molecule has 2 rings (SSSR count). The van der Waals surface area contributed by atoms with Gasteiger partial charge in [0.2, 0.25) is 0 Å². The van der Waals surface area contributed by atoms with E-state index in [-0.39, 0.29) is 6.10 Å². The maximum absolute atomic E-state index is 5.70. The Labute approximate surface area is 72.3 Å². The molecule has 0 saturated heterocycles. The number of nitrogen functional groups attached to an aromatic ring is 1. The summed E-state index contributed by atoms with van der Waals surface area (Å²) in [5.41, 5.74) is 8.30. The highest BCUT2D eigenvalue weighted by molar-refractivity contribution is 6.33. The summed E-state index contributed by atoms with van der Waals surface area (Å²) in [6.45, 7) is 2.50. The molecule has 1 atom stereocenters. The molecule has 1 aliphatic rings. The molecular weight excluding hydrogens is 151 g/mol. The van der Waals surface area contributed by atoms with Crippen LogP contribution < -0.4 is 11.2 Å². The highest BCUT2D eigenvalue weighted by atomic mass is 16.5. The van der Waals surface area contributed by atoms with E-state index < -0.39 is 0 Å². The smallest absolute Gasteiger partial charge is 0.129 e. The van der Waals surface area contributed by atoms with Crippen LogP contribution in [0.15, 0.2) is 6.20 Å². The molecule has 0 saturated carbocycles. The van der Waals surface area contributed by atoms with Crippen molar-refractivity contribution in [3.8, 4) is 0 Å². The lowest BCUT2D eigenvalue weighted by Crippen LogP contribution is -2.13. The van der Waals surface area contributed by atoms with Gasteiger partial charge in [0, 0.05) is 11.8 Å². The van der Waals surface area contributed by atoms with Crippen molar-refractivity contribution in [1.29, 1.82) is 0 Å². The molecular formula is C8H9BN2O. The molecule has 1 aromatic heterocycles. The molecule has 1 aromatic rings. The van der Waals surface area contributed by atoms with E-state index in [0.717, 1.165) is 11.1 Å². The Morgan fingerprint density at radius 3 is 3.17 bits per heavy atom. The molecule has 60 valence electrons. The normalized spacial score (nSPS) is 20.9. The molecule has 2 N–H and O–H groups in total. The van der Waals surface area contributed by atoms with Gasteiger partial charge in [-0.15, -0.1) is 0 Å². The Bertz CT molecular complexity index is 327. The summed E-state index contributed by atoms with van der Waals surface area (Å²) in [7, 11) is 5.70. The molecule has 3 nitrogen and oxygen atoms in total. The van der Waals surface area contributed by atoms with Crippen LogP contribution in [0, 0.1) is 0 Å². The molecule has 2 heterocycles. The van der Waals surface area contributed by atoms with Crippen molar-refractivity contribution in [2.24, 2.45) is 0 Å². The third-order valence-corrected chi connectivity index (χ3v) is 2.18. The van der Waals surface area contributed by atoms with Crippen LogP contribution in [0.1, 0.15) is 24.2 Å². The van der Waals surface area contributed by atoms with Gasteiger partial charge in [0.05, 0.1) is 12.7 Å². The summed E-state index contributed by atoms with van der Waals surface area (Å²) < 4.78 is 5.38. The Morgan fingerprint density at radius 2 is 2.50 bits per heavy atom. The highest BCUT2D eigenvalue weighted by Gasteiger charge is 2.23. The maximum atomic E-state index is 5.70. The van der Waals surface area contributed by atoms with Crippen LogP contribution in [0.25, 0.3) is 0 Å². The van der Waals surface area contributed by atoms with Gasteiger partial charge >= 0.3 is 0 Å². The minimum absolute atomic E-state index is 0.0241. The van der Waals surface area contributed by atoms with Gasteiger partial charge in [-0.25, -0.2) is 4.98 Å². The van der Waals surface area contributed by atoms with Crippen molar-refractivity contribution in [3.63, 3.8) is 0 Å². The number of anilines is 1. The van der Waals surface area contributed by atoms with Gasteiger partial charge in [-0.1, -0.05) is 5.46 Å². The highest BCUT2D eigenvalue weighted by Crippen LogP contribution is 2.31. The lowest BCUT2D eigenvalue weighted by molar-refractivity contribution is 0.0801. The third-order valence-electron chi connectivity index (χ3n) is 2.18. The Morgan fingerprint density at radius 1 is 1.75 bits per heavy atom. The molecule has 4 heteroatoms. The van der Waals surface area contributed by atoms with Gasteiger partial charge in [-0.3, -0.25) is 0 Å². The van der Waals surface area contributed by atoms with Crippen LogP contribution in [0.4, 0.5) is 5.82 Å². The van der Waals surface area contributed by atoms with E-state index in [4.69, 9.17) is 18.3 Å². The number of hydrogen-bond acceptors (Lipinski definition) is 3. The number of fused-ring (bicyclic) bond motifs is 1. The fourth-order valence-electron chi connectivity index (χ4n) is 1.50. The van der Waals surface area contributed by atoms with E-state index in [0.29, 0.717) is 17.9 Å². The van der Waals surface area contributed by atoms with Gasteiger partial charge in [0.1, 0.15) is 13.7 Å². The second kappa shape index (κ2) is 2.49. The topological polar surface area (TPSA) is 48.1 Å². The molecule has 0 aromatic carbocycles. The van der Waals surface area contributed by atoms with Crippen molar-refractivity contribution >= 4 is 19.1 Å². The number of pyridine rings is 1. The van der Waals surface area contributed by atoms with Gasteiger partial charge < -0.3 is 10.5 Å². The first-order valence-electron chi connectivity index (χ1n) is 3.84. The van der Waals surface area contributed by atoms with Crippen LogP contribution in [-0.4, -0.2) is 12.8 Å². The number of aromatic nitrogens is 1. The van der Waals surface area contributed by atoms with Gasteiger partial charge in [0.25, 0.3) is 0 Å². The average molecular weight is 160 g/mol. The Balaban J connectivity index is 2.64. The van der Waals surface area contributed by atoms with Gasteiger partial charge in [-0.2, -0.15) is 0 Å². The molecule has 0 spiro atoms. The number of ether oxygens (including phenoxy) is 1. The van der Waals surface area contributed by atoms with Crippen LogP contribution in [0.2, 0.25) is 0 Å². The molecule has 1 aliphatic heterocycles. The van der Waals surface area contributed by atoms with Crippen molar-refractivity contribution in [2.75, 3.05) is 5.73 Å². The summed E-state index contributed by atoms with van der Waals surface area (Å²) in [6.07, 6.45) is 1.60. The molecule has 0 fully saturated rings. The Hall–Kier alpha value is -1.03. The van der Waals surface area contributed by atoms with Gasteiger partial charge in [-0.05, 0) is 12.5 Å². The zero-order chi connectivity index (χ0) is 8.72. The minimum atomic E-state index is 0.0241. The van der Waals surface area contributed by atoms with E-state index in [1.807, 2.05) is 6.92 Å². The molecule has 0 aliphatic carbocycles. The summed E-state index contributed by atoms with van der Waals surface area (Å²) >= 11 is 0. The number of hydrogen-bond donors (Lipinski definition) is 1. The SMILES string of the molecule is [B]c1cnc(N)c2c1COC2C. The van der Waals surface area contributed by atoms with E-state index in [9.17, 15) is 0 Å². The second-order valence-electron chi connectivity index (χ2n) is 2.94. The molecule has 2 radical (unpaired) electrons. The predicted molar refractivity (Wildman–Crippen MR) is 47.2 cm³/mol. The third kappa shape index (κ3) is 0.915. The zero-order valence-electron chi connectivity index (χ0n) is 6.87. The van der Waals surface area contributed by atoms with Crippen molar-refractivity contribution in [3.05, 3.63) is 17.3 Å². The summed E-state index contributed by atoms with van der Waals surface area (Å²) in [5.74, 6) is 0.532. The van der Waals surface area contributed by atoms with Crippen molar-refractivity contribution in [1.82, 2.24) is 4.98 Å². The summed E-state index contributed by atoms with van der Waals surface area (Å²) in [4.78, 5) is 3.97. The number of nitrogens with two attached hydrogens (primary N) is 1. The predicted octanol–water partition coefficient (Wildman–Crippen LogP) is 0.0488. The minimum Gasteiger partial charge on any atom is -0.383 e. The Kier molecular flexibility index (Phi) is 1.58. The van der Waals surface area contributed by atoms with E-state index in [2.05, 4.69) is 4.98 Å². The first-order chi connectivity index (χ1) is 5.70. The lowest BCUT2D eigenvalue weighted by Gasteiger charge is -2.07. The van der Waals surface area contributed by atoms with E-state index in [1.54, 1.807) is 6.20 Å². The van der Waals surface area contributed by atoms with E-state index in [1.165, 1.54) is 0 Å². The van der Waals surface area contributed by atoms with E-state index >= 15 is 0 Å². The van der Waals surface area contributed by atoms with Crippen LogP contribution in [-0.2, 0) is 11.3 Å². The maximum Gasteiger partial charge on any atom is 0.129 e. The molecule has 1 unspecified atom stereocenters. The zero-order valence-corrected chi connectivity index (χ0v) is 6.87. The summed E-state index contributed by atoms with van der Waals surface area (Å²) in [5, 5.41) is 0. The summed E-state index contributed by atoms with van der Waals surface area (Å²) in [6, 6.07) is 0. The van der Waals surface area contributed by atoms with Crippen molar-refractivity contribution < 1.29 is 4.74 Å². The lowest BCUT2D eigenvalue weighted by atomic mass is 9.90. The first-order valence-corrected chi connectivity index (χ1v) is 3.84. The van der Waals surface area contributed by atoms with Crippen LogP contribution in [0.3, 0.4) is 0 Å². The number of nitrogens with zero attached hydrogens (tertiary/aromatic N) is 1.